The molecular formula is C14H18O4. The number of aliphatic carboxylic acids is 1. The van der Waals surface area contributed by atoms with E-state index in [4.69, 9.17) is 14.6 Å². The number of rotatable bonds is 5. The molecule has 18 heavy (non-hydrogen) atoms. The maximum absolute atomic E-state index is 10.9. The molecule has 2 rings (SSSR count). The normalized spacial score (nSPS) is 17.3. The molecule has 1 aliphatic rings. The molecule has 0 unspecified atom stereocenters. The fraction of sp³-hybridized carbons (Fsp3) is 0.500. The number of hydrogen-bond acceptors (Lipinski definition) is 3. The second kappa shape index (κ2) is 4.98. The zero-order valence-electron chi connectivity index (χ0n) is 10.7. The van der Waals surface area contributed by atoms with Crippen LogP contribution in [0.2, 0.25) is 0 Å². The zero-order chi connectivity index (χ0) is 13.2. The molecule has 0 atom stereocenters. The number of ether oxygens (including phenoxy) is 2. The van der Waals surface area contributed by atoms with Crippen LogP contribution in [0.5, 0.6) is 5.75 Å². The summed E-state index contributed by atoms with van der Waals surface area (Å²) in [5, 5.41) is 8.97. The highest BCUT2D eigenvalue weighted by atomic mass is 16.5. The van der Waals surface area contributed by atoms with Crippen molar-refractivity contribution in [1.82, 2.24) is 0 Å². The SMILES string of the molecule is CC(C)Oc1ccc(C2(CC(=O)O)COC2)cc1. The van der Waals surface area contributed by atoms with E-state index in [2.05, 4.69) is 0 Å². The van der Waals surface area contributed by atoms with Crippen LogP contribution in [0.15, 0.2) is 24.3 Å². The first-order valence-electron chi connectivity index (χ1n) is 6.09. The minimum absolute atomic E-state index is 0.109. The Balaban J connectivity index is 2.14. The van der Waals surface area contributed by atoms with Crippen LogP contribution >= 0.6 is 0 Å². The van der Waals surface area contributed by atoms with Crippen molar-refractivity contribution in [3.63, 3.8) is 0 Å². The minimum atomic E-state index is -0.791. The molecule has 98 valence electrons. The van der Waals surface area contributed by atoms with E-state index in [9.17, 15) is 4.79 Å². The molecular weight excluding hydrogens is 232 g/mol. The summed E-state index contributed by atoms with van der Waals surface area (Å²) in [5.74, 6) is 0.0141. The maximum atomic E-state index is 10.9. The van der Waals surface area contributed by atoms with Gasteiger partial charge in [-0.3, -0.25) is 4.79 Å². The van der Waals surface area contributed by atoms with Crippen LogP contribution in [0.1, 0.15) is 25.8 Å². The van der Waals surface area contributed by atoms with Crippen molar-refractivity contribution in [3.8, 4) is 5.75 Å². The van der Waals surface area contributed by atoms with E-state index >= 15 is 0 Å². The first kappa shape index (κ1) is 12.9. The molecule has 0 bridgehead atoms. The van der Waals surface area contributed by atoms with Crippen LogP contribution in [0, 0.1) is 0 Å². The van der Waals surface area contributed by atoms with Gasteiger partial charge in [-0.05, 0) is 31.5 Å². The molecule has 0 spiro atoms. The Labute approximate surface area is 107 Å². The molecule has 1 saturated heterocycles. The molecule has 1 heterocycles. The summed E-state index contributed by atoms with van der Waals surface area (Å²) in [6.45, 7) is 4.90. The molecule has 1 aromatic carbocycles. The third-order valence-corrected chi connectivity index (χ3v) is 3.08. The van der Waals surface area contributed by atoms with Gasteiger partial charge in [0.2, 0.25) is 0 Å². The Bertz CT molecular complexity index is 418. The van der Waals surface area contributed by atoms with Gasteiger partial charge < -0.3 is 14.6 Å². The Morgan fingerprint density at radius 1 is 1.39 bits per heavy atom. The highest BCUT2D eigenvalue weighted by molar-refractivity contribution is 5.69. The molecule has 0 radical (unpaired) electrons. The molecule has 4 heteroatoms. The minimum Gasteiger partial charge on any atom is -0.491 e. The lowest BCUT2D eigenvalue weighted by Crippen LogP contribution is -2.48. The lowest BCUT2D eigenvalue weighted by atomic mass is 9.76. The Morgan fingerprint density at radius 3 is 2.39 bits per heavy atom. The standard InChI is InChI=1S/C14H18O4/c1-10(2)18-12-5-3-11(4-6-12)14(7-13(15)16)8-17-9-14/h3-6,10H,7-9H2,1-2H3,(H,15,16). The molecule has 0 saturated carbocycles. The third-order valence-electron chi connectivity index (χ3n) is 3.08. The van der Waals surface area contributed by atoms with E-state index in [-0.39, 0.29) is 17.9 Å². The van der Waals surface area contributed by atoms with Crippen LogP contribution in [-0.4, -0.2) is 30.4 Å². The molecule has 1 aromatic rings. The van der Waals surface area contributed by atoms with Crippen molar-refractivity contribution >= 4 is 5.97 Å². The van der Waals surface area contributed by atoms with E-state index in [1.165, 1.54) is 0 Å². The van der Waals surface area contributed by atoms with Crippen LogP contribution in [0.3, 0.4) is 0 Å². The van der Waals surface area contributed by atoms with E-state index in [1.54, 1.807) is 0 Å². The van der Waals surface area contributed by atoms with E-state index < -0.39 is 5.97 Å². The summed E-state index contributed by atoms with van der Waals surface area (Å²) in [4.78, 5) is 10.9. The topological polar surface area (TPSA) is 55.8 Å². The Morgan fingerprint density at radius 2 is 2.00 bits per heavy atom. The Kier molecular flexibility index (Phi) is 3.57. The quantitative estimate of drug-likeness (QED) is 0.870. The van der Waals surface area contributed by atoms with Gasteiger partial charge in [0.05, 0.1) is 31.2 Å². The monoisotopic (exact) mass is 250 g/mol. The van der Waals surface area contributed by atoms with Gasteiger partial charge in [-0.15, -0.1) is 0 Å². The average Bonchev–Trinajstić information content (AvgIpc) is 2.24. The fourth-order valence-corrected chi connectivity index (χ4v) is 2.17. The summed E-state index contributed by atoms with van der Waals surface area (Å²) >= 11 is 0. The average molecular weight is 250 g/mol. The third kappa shape index (κ3) is 2.64. The van der Waals surface area contributed by atoms with Gasteiger partial charge >= 0.3 is 5.97 Å². The van der Waals surface area contributed by atoms with Gasteiger partial charge in [0.25, 0.3) is 0 Å². The smallest absolute Gasteiger partial charge is 0.304 e. The molecule has 0 aliphatic carbocycles. The summed E-state index contributed by atoms with van der Waals surface area (Å²) in [5.41, 5.74) is 0.648. The van der Waals surface area contributed by atoms with Gasteiger partial charge in [-0.2, -0.15) is 0 Å². The molecule has 0 aromatic heterocycles. The second-order valence-electron chi connectivity index (χ2n) is 5.03. The van der Waals surface area contributed by atoms with Crippen molar-refractivity contribution < 1.29 is 19.4 Å². The lowest BCUT2D eigenvalue weighted by Gasteiger charge is -2.40. The predicted octanol–water partition coefficient (Wildman–Crippen LogP) is 2.22. The number of carbonyl (C=O) groups is 1. The molecule has 4 nitrogen and oxygen atoms in total. The first-order valence-corrected chi connectivity index (χ1v) is 6.09. The van der Waals surface area contributed by atoms with Gasteiger partial charge in [0.1, 0.15) is 5.75 Å². The summed E-state index contributed by atoms with van der Waals surface area (Å²) in [6, 6.07) is 7.64. The van der Waals surface area contributed by atoms with Crippen LogP contribution in [0.25, 0.3) is 0 Å². The Hall–Kier alpha value is -1.55. The van der Waals surface area contributed by atoms with Crippen molar-refractivity contribution in [2.24, 2.45) is 0 Å². The van der Waals surface area contributed by atoms with Crippen molar-refractivity contribution in [2.75, 3.05) is 13.2 Å². The molecule has 1 aliphatic heterocycles. The van der Waals surface area contributed by atoms with Crippen molar-refractivity contribution in [2.45, 2.75) is 31.8 Å². The molecule has 1 N–H and O–H groups in total. The van der Waals surface area contributed by atoms with Crippen LogP contribution in [0.4, 0.5) is 0 Å². The largest absolute Gasteiger partial charge is 0.491 e. The number of hydrogen-bond donors (Lipinski definition) is 1. The zero-order valence-corrected chi connectivity index (χ0v) is 10.7. The number of benzene rings is 1. The maximum Gasteiger partial charge on any atom is 0.304 e. The van der Waals surface area contributed by atoms with Gasteiger partial charge in [0.15, 0.2) is 0 Å². The second-order valence-corrected chi connectivity index (χ2v) is 5.03. The highest BCUT2D eigenvalue weighted by Crippen LogP contribution is 2.36. The van der Waals surface area contributed by atoms with Gasteiger partial charge in [0, 0.05) is 0 Å². The number of carboxylic acids is 1. The van der Waals surface area contributed by atoms with Crippen molar-refractivity contribution in [3.05, 3.63) is 29.8 Å². The highest BCUT2D eigenvalue weighted by Gasteiger charge is 2.42. The fourth-order valence-electron chi connectivity index (χ4n) is 2.17. The predicted molar refractivity (Wildman–Crippen MR) is 67.0 cm³/mol. The van der Waals surface area contributed by atoms with Gasteiger partial charge in [-0.1, -0.05) is 12.1 Å². The van der Waals surface area contributed by atoms with E-state index in [0.29, 0.717) is 13.2 Å². The number of carboxylic acid groups (broad SMARTS) is 1. The first-order chi connectivity index (χ1) is 8.52. The summed E-state index contributed by atoms with van der Waals surface area (Å²) < 4.78 is 10.8. The molecule has 1 fully saturated rings. The van der Waals surface area contributed by atoms with Gasteiger partial charge in [-0.25, -0.2) is 0 Å². The van der Waals surface area contributed by atoms with Crippen molar-refractivity contribution in [1.29, 1.82) is 0 Å². The van der Waals surface area contributed by atoms with E-state index in [1.807, 2.05) is 38.1 Å². The lowest BCUT2D eigenvalue weighted by molar-refractivity contribution is -0.145. The van der Waals surface area contributed by atoms with E-state index in [0.717, 1.165) is 11.3 Å². The summed E-state index contributed by atoms with van der Waals surface area (Å²) in [6.07, 6.45) is 0.244. The van der Waals surface area contributed by atoms with Crippen LogP contribution in [-0.2, 0) is 14.9 Å². The van der Waals surface area contributed by atoms with Crippen LogP contribution < -0.4 is 4.74 Å². The molecule has 0 amide bonds. The summed E-state index contributed by atoms with van der Waals surface area (Å²) in [7, 11) is 0.